The van der Waals surface area contributed by atoms with Crippen molar-refractivity contribution in [1.29, 1.82) is 0 Å². The Hall–Kier alpha value is -2.24. The van der Waals surface area contributed by atoms with Gasteiger partial charge in [-0.25, -0.2) is 4.79 Å². The van der Waals surface area contributed by atoms with Gasteiger partial charge in [0.1, 0.15) is 11.9 Å². The number of benzene rings is 1. The summed E-state index contributed by atoms with van der Waals surface area (Å²) in [6, 6.07) is 4.79. The molecule has 1 rings (SSSR count). The zero-order valence-corrected chi connectivity index (χ0v) is 14.3. The van der Waals surface area contributed by atoms with Crippen molar-refractivity contribution in [2.75, 3.05) is 13.7 Å². The summed E-state index contributed by atoms with van der Waals surface area (Å²) >= 11 is 0. The monoisotopic (exact) mass is 323 g/mol. The van der Waals surface area contributed by atoms with Crippen molar-refractivity contribution in [1.82, 2.24) is 5.32 Å². The van der Waals surface area contributed by atoms with Crippen LogP contribution in [-0.2, 0) is 9.53 Å². The van der Waals surface area contributed by atoms with Crippen LogP contribution in [0.4, 0.5) is 4.79 Å². The first-order valence-electron chi connectivity index (χ1n) is 7.54. The van der Waals surface area contributed by atoms with Gasteiger partial charge in [-0.05, 0) is 45.4 Å². The summed E-state index contributed by atoms with van der Waals surface area (Å²) in [4.78, 5) is 22.9. The predicted octanol–water partition coefficient (Wildman–Crippen LogP) is 3.25. The molecule has 6 nitrogen and oxygen atoms in total. The third kappa shape index (κ3) is 6.18. The molecular formula is C17H25NO5. The number of carbonyl (C=O) groups excluding carboxylic acids is 2. The maximum Gasteiger partial charge on any atom is 0.408 e. The van der Waals surface area contributed by atoms with Gasteiger partial charge in [0.25, 0.3) is 0 Å². The average molecular weight is 323 g/mol. The van der Waals surface area contributed by atoms with Crippen molar-refractivity contribution in [3.8, 4) is 11.5 Å². The van der Waals surface area contributed by atoms with Gasteiger partial charge in [-0.1, -0.05) is 6.07 Å². The molecule has 0 radical (unpaired) electrons. The van der Waals surface area contributed by atoms with E-state index >= 15 is 0 Å². The highest BCUT2D eigenvalue weighted by molar-refractivity contribution is 5.69. The Kier molecular flexibility index (Phi) is 6.88. The average Bonchev–Trinajstić information content (AvgIpc) is 2.45. The third-order valence-corrected chi connectivity index (χ3v) is 2.91. The summed E-state index contributed by atoms with van der Waals surface area (Å²) in [5.41, 5.74) is 0.138. The molecule has 0 aliphatic heterocycles. The second kappa shape index (κ2) is 8.41. The zero-order valence-electron chi connectivity index (χ0n) is 14.3. The van der Waals surface area contributed by atoms with E-state index in [4.69, 9.17) is 14.2 Å². The van der Waals surface area contributed by atoms with Crippen molar-refractivity contribution >= 4 is 12.4 Å². The lowest BCUT2D eigenvalue weighted by atomic mass is 10.0. The van der Waals surface area contributed by atoms with Gasteiger partial charge in [-0.15, -0.1) is 0 Å². The number of aldehydes is 1. The smallest absolute Gasteiger partial charge is 0.408 e. The fourth-order valence-electron chi connectivity index (χ4n) is 2.00. The van der Waals surface area contributed by atoms with Crippen molar-refractivity contribution in [3.63, 3.8) is 0 Å². The molecule has 1 aromatic rings. The first-order chi connectivity index (χ1) is 10.8. The molecule has 128 valence electrons. The molecule has 0 saturated heterocycles. The van der Waals surface area contributed by atoms with Crippen LogP contribution in [0.3, 0.4) is 0 Å². The number of methoxy groups -OCH3 is 1. The standard InChI is InChI=1S/C17H25NO5/c1-6-22-15-11-12(7-8-14(15)21-5)13(9-10-19)18-16(20)23-17(2,3)4/h7-8,10-11,13H,6,9H2,1-5H3,(H,18,20)/t13-/m0/s1. The molecule has 1 aromatic carbocycles. The van der Waals surface area contributed by atoms with Gasteiger partial charge in [0.2, 0.25) is 0 Å². The Morgan fingerprint density at radius 2 is 2.00 bits per heavy atom. The molecule has 0 unspecified atom stereocenters. The van der Waals surface area contributed by atoms with E-state index < -0.39 is 17.7 Å². The number of ether oxygens (including phenoxy) is 3. The second-order valence-electron chi connectivity index (χ2n) is 5.94. The van der Waals surface area contributed by atoms with Gasteiger partial charge < -0.3 is 24.3 Å². The van der Waals surface area contributed by atoms with Crippen LogP contribution in [0.15, 0.2) is 18.2 Å². The molecular weight excluding hydrogens is 298 g/mol. The van der Waals surface area contributed by atoms with Gasteiger partial charge in [0.05, 0.1) is 19.8 Å². The molecule has 1 atom stereocenters. The van der Waals surface area contributed by atoms with Gasteiger partial charge in [-0.2, -0.15) is 0 Å². The summed E-state index contributed by atoms with van der Waals surface area (Å²) in [6.45, 7) is 7.69. The Labute approximate surface area is 137 Å². The van der Waals surface area contributed by atoms with Gasteiger partial charge in [0.15, 0.2) is 11.5 Å². The summed E-state index contributed by atoms with van der Waals surface area (Å²) in [7, 11) is 1.55. The maximum absolute atomic E-state index is 11.9. The van der Waals surface area contributed by atoms with E-state index in [2.05, 4.69) is 5.32 Å². The zero-order chi connectivity index (χ0) is 17.5. The summed E-state index contributed by atoms with van der Waals surface area (Å²) in [5.74, 6) is 1.16. The minimum Gasteiger partial charge on any atom is -0.493 e. The number of carbonyl (C=O) groups is 2. The highest BCUT2D eigenvalue weighted by Crippen LogP contribution is 2.31. The molecule has 6 heteroatoms. The fraction of sp³-hybridized carbons (Fsp3) is 0.529. The number of alkyl carbamates (subject to hydrolysis) is 1. The maximum atomic E-state index is 11.9. The predicted molar refractivity (Wildman–Crippen MR) is 87.0 cm³/mol. The normalized spacial score (nSPS) is 12.2. The lowest BCUT2D eigenvalue weighted by molar-refractivity contribution is -0.108. The number of hydrogen-bond donors (Lipinski definition) is 1. The van der Waals surface area contributed by atoms with Crippen LogP contribution in [0, 0.1) is 0 Å². The molecule has 0 bridgehead atoms. The lowest BCUT2D eigenvalue weighted by Gasteiger charge is -2.23. The highest BCUT2D eigenvalue weighted by Gasteiger charge is 2.21. The van der Waals surface area contributed by atoms with Crippen molar-refractivity contribution in [2.45, 2.75) is 45.8 Å². The van der Waals surface area contributed by atoms with E-state index in [0.717, 1.165) is 11.8 Å². The largest absolute Gasteiger partial charge is 0.493 e. The van der Waals surface area contributed by atoms with E-state index in [-0.39, 0.29) is 6.42 Å². The Bertz CT molecular complexity index is 536. The molecule has 0 saturated carbocycles. The number of rotatable bonds is 7. The van der Waals surface area contributed by atoms with E-state index in [1.54, 1.807) is 46.1 Å². The van der Waals surface area contributed by atoms with Crippen molar-refractivity contribution < 1.29 is 23.8 Å². The van der Waals surface area contributed by atoms with Gasteiger partial charge in [-0.3, -0.25) is 0 Å². The topological polar surface area (TPSA) is 73.9 Å². The molecule has 23 heavy (non-hydrogen) atoms. The minimum atomic E-state index is -0.605. The lowest BCUT2D eigenvalue weighted by Crippen LogP contribution is -2.35. The quantitative estimate of drug-likeness (QED) is 0.780. The van der Waals surface area contributed by atoms with Crippen LogP contribution in [-0.4, -0.2) is 31.7 Å². The first kappa shape index (κ1) is 18.8. The molecule has 1 amide bonds. The molecule has 0 aromatic heterocycles. The number of hydrogen-bond acceptors (Lipinski definition) is 5. The highest BCUT2D eigenvalue weighted by atomic mass is 16.6. The van der Waals surface area contributed by atoms with E-state index in [1.165, 1.54) is 0 Å². The Morgan fingerprint density at radius 1 is 1.30 bits per heavy atom. The second-order valence-corrected chi connectivity index (χ2v) is 5.94. The van der Waals surface area contributed by atoms with Crippen LogP contribution in [0.2, 0.25) is 0 Å². The van der Waals surface area contributed by atoms with Crippen LogP contribution >= 0.6 is 0 Å². The number of amides is 1. The van der Waals surface area contributed by atoms with Gasteiger partial charge in [0, 0.05) is 6.42 Å². The summed E-state index contributed by atoms with van der Waals surface area (Å²) < 4.78 is 16.0. The van der Waals surface area contributed by atoms with Crippen LogP contribution < -0.4 is 14.8 Å². The third-order valence-electron chi connectivity index (χ3n) is 2.91. The summed E-state index contributed by atoms with van der Waals surface area (Å²) in [5, 5.41) is 2.71. The van der Waals surface area contributed by atoms with Crippen LogP contribution in [0.25, 0.3) is 0 Å². The van der Waals surface area contributed by atoms with Crippen molar-refractivity contribution in [3.05, 3.63) is 23.8 Å². The van der Waals surface area contributed by atoms with Crippen LogP contribution in [0.5, 0.6) is 11.5 Å². The molecule has 0 spiro atoms. The SMILES string of the molecule is CCOc1cc([C@H](CC=O)NC(=O)OC(C)(C)C)ccc1OC. The van der Waals surface area contributed by atoms with Crippen LogP contribution in [0.1, 0.15) is 45.7 Å². The minimum absolute atomic E-state index is 0.136. The number of nitrogens with one attached hydrogen (secondary N) is 1. The van der Waals surface area contributed by atoms with Gasteiger partial charge >= 0.3 is 6.09 Å². The molecule has 0 aliphatic carbocycles. The summed E-state index contributed by atoms with van der Waals surface area (Å²) in [6.07, 6.45) is 0.321. The van der Waals surface area contributed by atoms with E-state index in [9.17, 15) is 9.59 Å². The van der Waals surface area contributed by atoms with Crippen molar-refractivity contribution in [2.24, 2.45) is 0 Å². The fourth-order valence-corrected chi connectivity index (χ4v) is 2.00. The van der Waals surface area contributed by atoms with E-state index in [1.807, 2.05) is 6.92 Å². The Balaban J connectivity index is 2.98. The first-order valence-corrected chi connectivity index (χ1v) is 7.54. The van der Waals surface area contributed by atoms with E-state index in [0.29, 0.717) is 18.1 Å². The molecule has 0 aliphatic rings. The Morgan fingerprint density at radius 3 is 2.52 bits per heavy atom. The molecule has 1 N–H and O–H groups in total. The molecule has 0 fully saturated rings. The molecule has 0 heterocycles.